The van der Waals surface area contributed by atoms with Crippen LogP contribution < -0.4 is 10.2 Å². The zero-order chi connectivity index (χ0) is 20.2. The molecule has 7 nitrogen and oxygen atoms in total. The molecular weight excluding hydrogens is 384 g/mol. The van der Waals surface area contributed by atoms with Crippen LogP contribution in [0.1, 0.15) is 39.2 Å². The number of thioether (sulfide) groups is 1. The van der Waals surface area contributed by atoms with E-state index in [9.17, 15) is 4.79 Å². The van der Waals surface area contributed by atoms with Crippen LogP contribution in [0.25, 0.3) is 10.8 Å². The number of amides is 1. The van der Waals surface area contributed by atoms with Gasteiger partial charge in [-0.1, -0.05) is 11.8 Å². The summed E-state index contributed by atoms with van der Waals surface area (Å²) in [6, 6.07) is 6.40. The minimum atomic E-state index is -0.0656. The van der Waals surface area contributed by atoms with Gasteiger partial charge in [0.2, 0.25) is 5.91 Å². The van der Waals surface area contributed by atoms with Gasteiger partial charge in [0.05, 0.1) is 11.4 Å². The van der Waals surface area contributed by atoms with Gasteiger partial charge >= 0.3 is 0 Å². The Kier molecular flexibility index (Phi) is 5.99. The highest BCUT2D eigenvalue weighted by molar-refractivity contribution is 7.99. The van der Waals surface area contributed by atoms with Crippen LogP contribution in [0.5, 0.6) is 0 Å². The molecule has 1 aliphatic heterocycles. The molecule has 4 rings (SSSR count). The van der Waals surface area contributed by atoms with Crippen molar-refractivity contribution < 1.29 is 4.79 Å². The molecule has 152 valence electrons. The number of rotatable bonds is 6. The molecule has 0 saturated carbocycles. The zero-order valence-corrected chi connectivity index (χ0v) is 17.7. The Bertz CT molecular complexity index is 996. The van der Waals surface area contributed by atoms with Crippen molar-refractivity contribution in [3.63, 3.8) is 0 Å². The normalized spacial score (nSPS) is 14.5. The smallest absolute Gasteiger partial charge is 0.234 e. The molecule has 29 heavy (non-hydrogen) atoms. The molecule has 0 unspecified atom stereocenters. The minimum absolute atomic E-state index is 0.0656. The summed E-state index contributed by atoms with van der Waals surface area (Å²) in [5.74, 6) is 0.213. The molecule has 0 aliphatic carbocycles. The summed E-state index contributed by atoms with van der Waals surface area (Å²) in [5.41, 5.74) is 2.02. The van der Waals surface area contributed by atoms with E-state index < -0.39 is 0 Å². The van der Waals surface area contributed by atoms with Gasteiger partial charge in [-0.05, 0) is 51.3 Å². The zero-order valence-electron chi connectivity index (χ0n) is 16.8. The SMILES string of the molecule is CC(C)n1cnnc1SCC(=O)Nc1ccc(N2CCCCC2)c2ccncc12. The summed E-state index contributed by atoms with van der Waals surface area (Å²) in [7, 11) is 0. The van der Waals surface area contributed by atoms with Gasteiger partial charge in [-0.2, -0.15) is 0 Å². The molecule has 3 aromatic rings. The molecule has 1 aromatic carbocycles. The Morgan fingerprint density at radius 2 is 2.00 bits per heavy atom. The number of aromatic nitrogens is 4. The van der Waals surface area contributed by atoms with Crippen molar-refractivity contribution in [2.75, 3.05) is 29.1 Å². The van der Waals surface area contributed by atoms with E-state index in [1.54, 1.807) is 6.33 Å². The van der Waals surface area contributed by atoms with Crippen molar-refractivity contribution in [2.45, 2.75) is 44.3 Å². The molecule has 3 heterocycles. The van der Waals surface area contributed by atoms with Crippen molar-refractivity contribution >= 4 is 39.8 Å². The molecule has 0 radical (unpaired) electrons. The average molecular weight is 411 g/mol. The lowest BCUT2D eigenvalue weighted by Crippen LogP contribution is -2.29. The highest BCUT2D eigenvalue weighted by Gasteiger charge is 2.16. The van der Waals surface area contributed by atoms with Gasteiger partial charge < -0.3 is 14.8 Å². The first kappa shape index (κ1) is 19.7. The number of carbonyl (C=O) groups is 1. The minimum Gasteiger partial charge on any atom is -0.371 e. The predicted octanol–water partition coefficient (Wildman–Crippen LogP) is 4.13. The van der Waals surface area contributed by atoms with Crippen LogP contribution in [0.15, 0.2) is 42.1 Å². The van der Waals surface area contributed by atoms with Crippen LogP contribution in [0.4, 0.5) is 11.4 Å². The molecule has 0 atom stereocenters. The molecule has 1 N–H and O–H groups in total. The van der Waals surface area contributed by atoms with E-state index in [1.807, 2.05) is 29.1 Å². The molecular formula is C21H26N6OS. The number of fused-ring (bicyclic) bond motifs is 1. The maximum Gasteiger partial charge on any atom is 0.234 e. The second-order valence-electron chi connectivity index (χ2n) is 7.55. The van der Waals surface area contributed by atoms with Crippen LogP contribution in [-0.2, 0) is 4.79 Å². The Labute approximate surface area is 174 Å². The maximum absolute atomic E-state index is 12.6. The summed E-state index contributed by atoms with van der Waals surface area (Å²) < 4.78 is 1.96. The second-order valence-corrected chi connectivity index (χ2v) is 8.50. The van der Waals surface area contributed by atoms with Gasteiger partial charge in [-0.15, -0.1) is 10.2 Å². The van der Waals surface area contributed by atoms with E-state index in [1.165, 1.54) is 36.7 Å². The fourth-order valence-corrected chi connectivity index (χ4v) is 4.54. The second kappa shape index (κ2) is 8.82. The summed E-state index contributed by atoms with van der Waals surface area (Å²) >= 11 is 1.39. The number of pyridine rings is 1. The van der Waals surface area contributed by atoms with Gasteiger partial charge in [-0.25, -0.2) is 0 Å². The largest absolute Gasteiger partial charge is 0.371 e. The number of hydrogen-bond acceptors (Lipinski definition) is 6. The van der Waals surface area contributed by atoms with E-state index in [0.717, 1.165) is 34.7 Å². The fraction of sp³-hybridized carbons (Fsp3) is 0.429. The topological polar surface area (TPSA) is 75.9 Å². The highest BCUT2D eigenvalue weighted by atomic mass is 32.2. The number of piperidine rings is 1. The number of hydrogen-bond donors (Lipinski definition) is 1. The first-order valence-electron chi connectivity index (χ1n) is 10.1. The van der Waals surface area contributed by atoms with E-state index in [2.05, 4.69) is 45.3 Å². The Morgan fingerprint density at radius 3 is 2.79 bits per heavy atom. The third-order valence-corrected chi connectivity index (χ3v) is 6.15. The lowest BCUT2D eigenvalue weighted by atomic mass is 10.1. The van der Waals surface area contributed by atoms with E-state index >= 15 is 0 Å². The van der Waals surface area contributed by atoms with Crippen LogP contribution >= 0.6 is 11.8 Å². The third kappa shape index (κ3) is 4.37. The predicted molar refractivity (Wildman–Crippen MR) is 118 cm³/mol. The highest BCUT2D eigenvalue weighted by Crippen LogP contribution is 2.33. The standard InChI is InChI=1S/C21H26N6OS/c1-15(2)27-14-23-25-21(27)29-13-20(28)24-18-6-7-19(26-10-4-3-5-11-26)16-8-9-22-12-17(16)18/h6-9,12,14-15H,3-5,10-11,13H2,1-2H3,(H,24,28). The Morgan fingerprint density at radius 1 is 1.17 bits per heavy atom. The van der Waals surface area contributed by atoms with Gasteiger partial charge in [0, 0.05) is 48.0 Å². The number of anilines is 2. The molecule has 8 heteroatoms. The van der Waals surface area contributed by atoms with Crippen molar-refractivity contribution in [2.24, 2.45) is 0 Å². The van der Waals surface area contributed by atoms with E-state index in [0.29, 0.717) is 0 Å². The van der Waals surface area contributed by atoms with Crippen molar-refractivity contribution in [1.29, 1.82) is 0 Å². The lowest BCUT2D eigenvalue weighted by molar-refractivity contribution is -0.113. The molecule has 0 spiro atoms. The molecule has 1 fully saturated rings. The Balaban J connectivity index is 1.50. The summed E-state index contributed by atoms with van der Waals surface area (Å²) in [6.45, 7) is 6.29. The maximum atomic E-state index is 12.6. The fourth-order valence-electron chi connectivity index (χ4n) is 3.70. The molecule has 1 saturated heterocycles. The average Bonchev–Trinajstić information content (AvgIpc) is 3.22. The van der Waals surface area contributed by atoms with E-state index in [4.69, 9.17) is 0 Å². The quantitative estimate of drug-likeness (QED) is 0.616. The van der Waals surface area contributed by atoms with Crippen molar-refractivity contribution in [3.8, 4) is 0 Å². The van der Waals surface area contributed by atoms with Crippen LogP contribution in [0, 0.1) is 0 Å². The number of nitrogens with zero attached hydrogens (tertiary/aromatic N) is 5. The van der Waals surface area contributed by atoms with Crippen LogP contribution in [0.3, 0.4) is 0 Å². The molecule has 1 aliphatic rings. The van der Waals surface area contributed by atoms with Gasteiger partial charge in [0.15, 0.2) is 5.16 Å². The van der Waals surface area contributed by atoms with Gasteiger partial charge in [-0.3, -0.25) is 9.78 Å². The molecule has 1 amide bonds. The molecule has 0 bridgehead atoms. The first-order chi connectivity index (χ1) is 14.1. The van der Waals surface area contributed by atoms with Crippen molar-refractivity contribution in [1.82, 2.24) is 19.7 Å². The first-order valence-corrected chi connectivity index (χ1v) is 11.1. The van der Waals surface area contributed by atoms with Crippen LogP contribution in [-0.4, -0.2) is 44.5 Å². The monoisotopic (exact) mass is 410 g/mol. The molecule has 2 aromatic heterocycles. The summed E-state index contributed by atoms with van der Waals surface area (Å²) in [5, 5.41) is 14.0. The van der Waals surface area contributed by atoms with Crippen LogP contribution in [0.2, 0.25) is 0 Å². The Hall–Kier alpha value is -2.61. The summed E-state index contributed by atoms with van der Waals surface area (Å²) in [6.07, 6.45) is 9.10. The number of nitrogens with one attached hydrogen (secondary N) is 1. The van der Waals surface area contributed by atoms with Crippen molar-refractivity contribution in [3.05, 3.63) is 36.9 Å². The number of benzene rings is 1. The number of carbonyl (C=O) groups excluding carboxylic acids is 1. The summed E-state index contributed by atoms with van der Waals surface area (Å²) in [4.78, 5) is 19.3. The van der Waals surface area contributed by atoms with Gasteiger partial charge in [0.1, 0.15) is 6.33 Å². The third-order valence-electron chi connectivity index (χ3n) is 5.19. The van der Waals surface area contributed by atoms with Gasteiger partial charge in [0.25, 0.3) is 0 Å². The van der Waals surface area contributed by atoms with E-state index in [-0.39, 0.29) is 17.7 Å². The lowest BCUT2D eigenvalue weighted by Gasteiger charge is -2.30.